The van der Waals surface area contributed by atoms with Gasteiger partial charge in [0.05, 0.1) is 6.61 Å². The van der Waals surface area contributed by atoms with Crippen LogP contribution in [-0.4, -0.2) is 35.4 Å². The molecule has 3 heterocycles. The Labute approximate surface area is 153 Å². The van der Waals surface area contributed by atoms with E-state index in [0.717, 1.165) is 55.9 Å². The van der Waals surface area contributed by atoms with Crippen LogP contribution >= 0.6 is 0 Å². The van der Waals surface area contributed by atoms with Crippen molar-refractivity contribution < 1.29 is 9.53 Å². The number of aldehydes is 1. The number of fused-ring (bicyclic) bond motifs is 4. The fraction of sp³-hybridized carbons (Fsp3) is 0.429. The maximum absolute atomic E-state index is 12.2. The van der Waals surface area contributed by atoms with Gasteiger partial charge in [0.15, 0.2) is 0 Å². The third kappa shape index (κ3) is 3.19. The largest absolute Gasteiger partial charge is 0.494 e. The first kappa shape index (κ1) is 17.0. The molecule has 0 unspecified atom stereocenters. The summed E-state index contributed by atoms with van der Waals surface area (Å²) in [6, 6.07) is 11.2. The van der Waals surface area contributed by atoms with E-state index >= 15 is 0 Å². The van der Waals surface area contributed by atoms with E-state index in [1.807, 2.05) is 29.7 Å². The molecule has 1 saturated heterocycles. The van der Waals surface area contributed by atoms with Crippen molar-refractivity contribution in [3.8, 4) is 5.75 Å². The number of carbonyl (C=O) groups is 1. The third-order valence-corrected chi connectivity index (χ3v) is 5.47. The van der Waals surface area contributed by atoms with E-state index in [0.29, 0.717) is 24.0 Å². The van der Waals surface area contributed by atoms with E-state index in [4.69, 9.17) is 4.74 Å². The lowest BCUT2D eigenvalue weighted by atomic mass is 9.83. The zero-order chi connectivity index (χ0) is 18.1. The number of aromatic nitrogens is 1. The number of hydrogen-bond donors (Lipinski definition) is 0. The average Bonchev–Trinajstić information content (AvgIpc) is 2.64. The van der Waals surface area contributed by atoms with Crippen molar-refractivity contribution in [1.29, 1.82) is 0 Å². The predicted octanol–water partition coefficient (Wildman–Crippen LogP) is 2.68. The van der Waals surface area contributed by atoms with Gasteiger partial charge < -0.3 is 9.30 Å². The summed E-state index contributed by atoms with van der Waals surface area (Å²) in [5.41, 5.74) is 3.01. The van der Waals surface area contributed by atoms with Gasteiger partial charge >= 0.3 is 0 Å². The van der Waals surface area contributed by atoms with E-state index in [9.17, 15) is 9.59 Å². The van der Waals surface area contributed by atoms with Gasteiger partial charge in [-0.1, -0.05) is 6.07 Å². The average molecular weight is 352 g/mol. The zero-order valence-electron chi connectivity index (χ0n) is 15.1. The topological polar surface area (TPSA) is 51.5 Å². The van der Waals surface area contributed by atoms with E-state index in [1.54, 1.807) is 12.1 Å². The van der Waals surface area contributed by atoms with Crippen LogP contribution < -0.4 is 10.3 Å². The Morgan fingerprint density at radius 2 is 2.08 bits per heavy atom. The van der Waals surface area contributed by atoms with Crippen molar-refractivity contribution in [3.05, 3.63) is 63.6 Å². The number of ether oxygens (including phenoxy) is 1. The van der Waals surface area contributed by atoms with E-state index < -0.39 is 0 Å². The molecule has 2 aliphatic rings. The summed E-state index contributed by atoms with van der Waals surface area (Å²) in [6.45, 7) is 6.03. The van der Waals surface area contributed by atoms with Crippen LogP contribution in [0.1, 0.15) is 40.9 Å². The Morgan fingerprint density at radius 1 is 1.19 bits per heavy atom. The van der Waals surface area contributed by atoms with E-state index in [2.05, 4.69) is 11.0 Å². The second-order valence-corrected chi connectivity index (χ2v) is 7.31. The molecule has 2 aromatic rings. The monoisotopic (exact) mass is 352 g/mol. The standard InChI is InChI=1S/C21H24N2O3/c1-2-26-20-7-6-15(14-24)8-18(20)13-22-10-16-9-17(12-22)19-4-3-5-21(25)23(19)11-16/h3-8,14,16-17H,2,9-13H2,1H3/t16-,17+/m1/s1. The SMILES string of the molecule is CCOc1ccc(C=O)cc1CN1C[C@H]2C[C@@H](C1)c1cccc(=O)n1C2. The zero-order valence-corrected chi connectivity index (χ0v) is 15.1. The Kier molecular flexibility index (Phi) is 4.64. The molecule has 136 valence electrons. The van der Waals surface area contributed by atoms with Gasteiger partial charge in [-0.05, 0) is 43.5 Å². The molecule has 0 N–H and O–H groups in total. The van der Waals surface area contributed by atoms with Gasteiger partial charge in [-0.3, -0.25) is 14.5 Å². The van der Waals surface area contributed by atoms with E-state index in [-0.39, 0.29) is 5.56 Å². The number of piperidine rings is 1. The Morgan fingerprint density at radius 3 is 2.88 bits per heavy atom. The van der Waals surface area contributed by atoms with Crippen LogP contribution in [0.25, 0.3) is 0 Å². The minimum absolute atomic E-state index is 0.114. The minimum atomic E-state index is 0.114. The van der Waals surface area contributed by atoms with Crippen molar-refractivity contribution in [2.24, 2.45) is 5.92 Å². The second kappa shape index (κ2) is 7.08. The van der Waals surface area contributed by atoms with Crippen molar-refractivity contribution in [3.63, 3.8) is 0 Å². The molecule has 0 aliphatic carbocycles. The molecule has 5 heteroatoms. The highest BCUT2D eigenvalue weighted by molar-refractivity contribution is 5.75. The molecule has 0 radical (unpaired) electrons. The van der Waals surface area contributed by atoms with Crippen LogP contribution in [-0.2, 0) is 13.1 Å². The quantitative estimate of drug-likeness (QED) is 0.777. The van der Waals surface area contributed by atoms with Crippen LogP contribution in [0.3, 0.4) is 0 Å². The number of carbonyl (C=O) groups excluding carboxylic acids is 1. The highest BCUT2D eigenvalue weighted by Crippen LogP contribution is 2.36. The van der Waals surface area contributed by atoms with Crippen LogP contribution in [0.15, 0.2) is 41.2 Å². The summed E-state index contributed by atoms with van der Waals surface area (Å²) in [5, 5.41) is 0. The molecular weight excluding hydrogens is 328 g/mol. The summed E-state index contributed by atoms with van der Waals surface area (Å²) < 4.78 is 7.71. The van der Waals surface area contributed by atoms with Gasteiger partial charge in [-0.15, -0.1) is 0 Å². The van der Waals surface area contributed by atoms with Crippen molar-refractivity contribution in [2.45, 2.75) is 32.4 Å². The lowest BCUT2D eigenvalue weighted by Crippen LogP contribution is -2.46. The number of hydrogen-bond acceptors (Lipinski definition) is 4. The second-order valence-electron chi connectivity index (χ2n) is 7.31. The number of benzene rings is 1. The molecule has 2 bridgehead atoms. The number of nitrogens with zero attached hydrogens (tertiary/aromatic N) is 2. The number of rotatable bonds is 5. The summed E-state index contributed by atoms with van der Waals surface area (Å²) in [7, 11) is 0. The maximum Gasteiger partial charge on any atom is 0.250 e. The van der Waals surface area contributed by atoms with Crippen LogP contribution in [0.4, 0.5) is 0 Å². The predicted molar refractivity (Wildman–Crippen MR) is 99.8 cm³/mol. The molecule has 26 heavy (non-hydrogen) atoms. The fourth-order valence-electron chi connectivity index (χ4n) is 4.46. The van der Waals surface area contributed by atoms with Crippen LogP contribution in [0.5, 0.6) is 5.75 Å². The first-order valence-corrected chi connectivity index (χ1v) is 9.31. The summed E-state index contributed by atoms with van der Waals surface area (Å²) in [5.74, 6) is 1.73. The number of likely N-dealkylation sites (tertiary alicyclic amines) is 1. The Hall–Kier alpha value is -2.40. The first-order valence-electron chi connectivity index (χ1n) is 9.31. The van der Waals surface area contributed by atoms with Crippen molar-refractivity contribution >= 4 is 6.29 Å². The van der Waals surface area contributed by atoms with Gasteiger partial charge in [-0.25, -0.2) is 0 Å². The van der Waals surface area contributed by atoms with Gasteiger partial charge in [0.1, 0.15) is 12.0 Å². The fourth-order valence-corrected chi connectivity index (χ4v) is 4.46. The molecule has 2 aliphatic heterocycles. The van der Waals surface area contributed by atoms with Gasteiger partial charge in [0.25, 0.3) is 5.56 Å². The van der Waals surface area contributed by atoms with Gasteiger partial charge in [0.2, 0.25) is 0 Å². The molecule has 0 spiro atoms. The lowest BCUT2D eigenvalue weighted by Gasteiger charge is -2.43. The Bertz CT molecular complexity index is 874. The highest BCUT2D eigenvalue weighted by atomic mass is 16.5. The highest BCUT2D eigenvalue weighted by Gasteiger charge is 2.34. The lowest BCUT2D eigenvalue weighted by molar-refractivity contribution is 0.111. The molecule has 2 atom stereocenters. The molecule has 4 rings (SSSR count). The number of pyridine rings is 1. The third-order valence-electron chi connectivity index (χ3n) is 5.47. The molecule has 0 saturated carbocycles. The molecule has 1 aromatic heterocycles. The van der Waals surface area contributed by atoms with Crippen LogP contribution in [0, 0.1) is 5.92 Å². The van der Waals surface area contributed by atoms with Crippen LogP contribution in [0.2, 0.25) is 0 Å². The maximum atomic E-state index is 12.2. The molecule has 5 nitrogen and oxygen atoms in total. The molecular formula is C21H24N2O3. The molecule has 1 aromatic carbocycles. The first-order chi connectivity index (χ1) is 12.7. The van der Waals surface area contributed by atoms with Crippen molar-refractivity contribution in [2.75, 3.05) is 19.7 Å². The summed E-state index contributed by atoms with van der Waals surface area (Å²) in [4.78, 5) is 25.8. The normalized spacial score (nSPS) is 21.9. The molecule has 1 fully saturated rings. The van der Waals surface area contributed by atoms with Gasteiger partial charge in [0, 0.05) is 55.0 Å². The van der Waals surface area contributed by atoms with E-state index in [1.165, 1.54) is 0 Å². The summed E-state index contributed by atoms with van der Waals surface area (Å²) in [6.07, 6.45) is 2.03. The smallest absolute Gasteiger partial charge is 0.250 e. The van der Waals surface area contributed by atoms with Crippen molar-refractivity contribution in [1.82, 2.24) is 9.47 Å². The Balaban J connectivity index is 1.58. The summed E-state index contributed by atoms with van der Waals surface area (Å²) >= 11 is 0. The minimum Gasteiger partial charge on any atom is -0.494 e. The van der Waals surface area contributed by atoms with Gasteiger partial charge in [-0.2, -0.15) is 0 Å². The molecule has 0 amide bonds.